The van der Waals surface area contributed by atoms with Gasteiger partial charge in [0.25, 0.3) is 0 Å². The summed E-state index contributed by atoms with van der Waals surface area (Å²) in [6.45, 7) is 0. The lowest BCUT2D eigenvalue weighted by Gasteiger charge is -2.17. The molecule has 0 spiro atoms. The minimum absolute atomic E-state index is 0.269. The Labute approximate surface area is 102 Å². The van der Waals surface area contributed by atoms with Gasteiger partial charge >= 0.3 is 0 Å². The van der Waals surface area contributed by atoms with E-state index in [1.807, 2.05) is 6.07 Å². The van der Waals surface area contributed by atoms with Gasteiger partial charge in [-0.25, -0.2) is 0 Å². The quantitative estimate of drug-likeness (QED) is 0.585. The van der Waals surface area contributed by atoms with E-state index in [4.69, 9.17) is 10.6 Å². The SMILES string of the molecule is NNC(CC1CC1)c1cccc(OC2CC2)c1. The van der Waals surface area contributed by atoms with Crippen LogP contribution >= 0.6 is 0 Å². The van der Waals surface area contributed by atoms with Gasteiger partial charge in [-0.1, -0.05) is 25.0 Å². The van der Waals surface area contributed by atoms with Crippen LogP contribution in [0.3, 0.4) is 0 Å². The molecule has 2 fully saturated rings. The monoisotopic (exact) mass is 232 g/mol. The summed E-state index contributed by atoms with van der Waals surface area (Å²) in [6, 6.07) is 8.62. The maximum atomic E-state index is 5.81. The van der Waals surface area contributed by atoms with Crippen molar-refractivity contribution >= 4 is 0 Å². The molecule has 0 heterocycles. The first-order valence-corrected chi connectivity index (χ1v) is 6.58. The molecule has 0 bridgehead atoms. The molecular weight excluding hydrogens is 212 g/mol. The van der Waals surface area contributed by atoms with Crippen LogP contribution in [0, 0.1) is 5.92 Å². The first kappa shape index (κ1) is 11.1. The minimum atomic E-state index is 0.269. The van der Waals surface area contributed by atoms with E-state index in [9.17, 15) is 0 Å². The van der Waals surface area contributed by atoms with Gasteiger partial charge in [0.05, 0.1) is 6.10 Å². The van der Waals surface area contributed by atoms with Crippen LogP contribution in [0.2, 0.25) is 0 Å². The molecule has 0 saturated heterocycles. The molecule has 1 atom stereocenters. The number of rotatable bonds is 6. The van der Waals surface area contributed by atoms with E-state index >= 15 is 0 Å². The summed E-state index contributed by atoms with van der Waals surface area (Å²) in [6.07, 6.45) is 6.71. The zero-order valence-electron chi connectivity index (χ0n) is 10.1. The van der Waals surface area contributed by atoms with Gasteiger partial charge in [-0.05, 0) is 42.9 Å². The van der Waals surface area contributed by atoms with E-state index < -0.39 is 0 Å². The number of nitrogens with two attached hydrogens (primary N) is 1. The third kappa shape index (κ3) is 2.99. The molecule has 0 radical (unpaired) electrons. The van der Waals surface area contributed by atoms with Gasteiger partial charge < -0.3 is 4.74 Å². The van der Waals surface area contributed by atoms with Gasteiger partial charge in [0.2, 0.25) is 0 Å². The van der Waals surface area contributed by atoms with Crippen molar-refractivity contribution in [2.45, 2.75) is 44.2 Å². The first-order chi connectivity index (χ1) is 8.35. The molecular formula is C14H20N2O. The Balaban J connectivity index is 1.69. The number of hydrogen-bond acceptors (Lipinski definition) is 3. The Hall–Kier alpha value is -1.06. The number of nitrogens with one attached hydrogen (secondary N) is 1. The van der Waals surface area contributed by atoms with Gasteiger partial charge in [0, 0.05) is 6.04 Å². The molecule has 1 aromatic rings. The number of ether oxygens (including phenoxy) is 1. The molecule has 0 aliphatic heterocycles. The van der Waals surface area contributed by atoms with Gasteiger partial charge in [0.1, 0.15) is 5.75 Å². The second-order valence-electron chi connectivity index (χ2n) is 5.29. The molecule has 0 aromatic heterocycles. The zero-order chi connectivity index (χ0) is 11.7. The van der Waals surface area contributed by atoms with E-state index in [2.05, 4.69) is 23.6 Å². The molecule has 3 rings (SSSR count). The lowest BCUT2D eigenvalue weighted by Crippen LogP contribution is -2.28. The number of benzene rings is 1. The molecule has 2 aliphatic carbocycles. The van der Waals surface area contributed by atoms with Crippen molar-refractivity contribution in [2.75, 3.05) is 0 Å². The Kier molecular flexibility index (Phi) is 3.04. The van der Waals surface area contributed by atoms with Crippen molar-refractivity contribution in [3.05, 3.63) is 29.8 Å². The van der Waals surface area contributed by atoms with Gasteiger partial charge in [-0.15, -0.1) is 0 Å². The molecule has 1 aromatic carbocycles. The predicted octanol–water partition coefficient (Wildman–Crippen LogP) is 2.53. The predicted molar refractivity (Wildman–Crippen MR) is 67.5 cm³/mol. The Bertz CT molecular complexity index is 386. The van der Waals surface area contributed by atoms with Crippen LogP contribution < -0.4 is 16.0 Å². The second-order valence-corrected chi connectivity index (χ2v) is 5.29. The average molecular weight is 232 g/mol. The summed E-state index contributed by atoms with van der Waals surface area (Å²) in [4.78, 5) is 0. The van der Waals surface area contributed by atoms with E-state index in [-0.39, 0.29) is 6.04 Å². The van der Waals surface area contributed by atoms with Crippen molar-refractivity contribution in [1.29, 1.82) is 0 Å². The second kappa shape index (κ2) is 4.67. The van der Waals surface area contributed by atoms with Crippen molar-refractivity contribution in [3.63, 3.8) is 0 Å². The zero-order valence-corrected chi connectivity index (χ0v) is 10.1. The largest absolute Gasteiger partial charge is 0.490 e. The van der Waals surface area contributed by atoms with E-state index in [1.54, 1.807) is 0 Å². The third-order valence-corrected chi connectivity index (χ3v) is 3.55. The molecule has 92 valence electrons. The topological polar surface area (TPSA) is 47.3 Å². The highest BCUT2D eigenvalue weighted by molar-refractivity contribution is 5.31. The molecule has 0 amide bonds. The summed E-state index contributed by atoms with van der Waals surface area (Å²) in [7, 11) is 0. The Morgan fingerprint density at radius 1 is 1.29 bits per heavy atom. The normalized spacial score (nSPS) is 21.2. The fraction of sp³-hybridized carbons (Fsp3) is 0.571. The molecule has 2 aliphatic rings. The lowest BCUT2D eigenvalue weighted by molar-refractivity contribution is 0.302. The summed E-state index contributed by atoms with van der Waals surface area (Å²) in [5.74, 6) is 7.51. The third-order valence-electron chi connectivity index (χ3n) is 3.55. The summed E-state index contributed by atoms with van der Waals surface area (Å²) in [5, 5.41) is 0. The van der Waals surface area contributed by atoms with Crippen molar-refractivity contribution in [2.24, 2.45) is 11.8 Å². The highest BCUT2D eigenvalue weighted by Crippen LogP contribution is 2.38. The van der Waals surface area contributed by atoms with E-state index in [0.717, 1.165) is 18.1 Å². The Morgan fingerprint density at radius 3 is 2.76 bits per heavy atom. The van der Waals surface area contributed by atoms with Crippen LogP contribution in [-0.2, 0) is 0 Å². The molecule has 3 N–H and O–H groups in total. The van der Waals surface area contributed by atoms with E-state index in [1.165, 1.54) is 31.2 Å². The van der Waals surface area contributed by atoms with Crippen LogP contribution in [0.1, 0.15) is 43.7 Å². The summed E-state index contributed by atoms with van der Waals surface area (Å²) < 4.78 is 5.81. The molecule has 17 heavy (non-hydrogen) atoms. The van der Waals surface area contributed by atoms with Crippen molar-refractivity contribution in [1.82, 2.24) is 5.43 Å². The van der Waals surface area contributed by atoms with Crippen LogP contribution in [0.5, 0.6) is 5.75 Å². The highest BCUT2D eigenvalue weighted by Gasteiger charge is 2.26. The fourth-order valence-corrected chi connectivity index (χ4v) is 2.17. The summed E-state index contributed by atoms with van der Waals surface area (Å²) in [5.41, 5.74) is 4.18. The minimum Gasteiger partial charge on any atom is -0.490 e. The highest BCUT2D eigenvalue weighted by atomic mass is 16.5. The molecule has 3 nitrogen and oxygen atoms in total. The molecule has 3 heteroatoms. The average Bonchev–Trinajstić information content (AvgIpc) is 3.21. The maximum Gasteiger partial charge on any atom is 0.120 e. The van der Waals surface area contributed by atoms with E-state index in [0.29, 0.717) is 6.10 Å². The van der Waals surface area contributed by atoms with Crippen LogP contribution in [-0.4, -0.2) is 6.10 Å². The van der Waals surface area contributed by atoms with Gasteiger partial charge in [-0.2, -0.15) is 0 Å². The van der Waals surface area contributed by atoms with Gasteiger partial charge in [-0.3, -0.25) is 11.3 Å². The van der Waals surface area contributed by atoms with Crippen molar-refractivity contribution < 1.29 is 4.74 Å². The molecule has 2 saturated carbocycles. The van der Waals surface area contributed by atoms with Crippen LogP contribution in [0.4, 0.5) is 0 Å². The molecule has 1 unspecified atom stereocenters. The fourth-order valence-electron chi connectivity index (χ4n) is 2.17. The smallest absolute Gasteiger partial charge is 0.120 e. The van der Waals surface area contributed by atoms with Crippen molar-refractivity contribution in [3.8, 4) is 5.75 Å². The maximum absolute atomic E-state index is 5.81. The Morgan fingerprint density at radius 2 is 2.12 bits per heavy atom. The number of hydrogen-bond donors (Lipinski definition) is 2. The number of hydrazine groups is 1. The standard InChI is InChI=1S/C14H20N2O/c15-16-14(8-10-4-5-10)11-2-1-3-13(9-11)17-12-6-7-12/h1-3,9-10,12,14,16H,4-8,15H2. The first-order valence-electron chi connectivity index (χ1n) is 6.58. The van der Waals surface area contributed by atoms with Crippen LogP contribution in [0.15, 0.2) is 24.3 Å². The lowest BCUT2D eigenvalue weighted by atomic mass is 10.0. The van der Waals surface area contributed by atoms with Gasteiger partial charge in [0.15, 0.2) is 0 Å². The van der Waals surface area contributed by atoms with Crippen LogP contribution in [0.25, 0.3) is 0 Å². The summed E-state index contributed by atoms with van der Waals surface area (Å²) >= 11 is 0.